The average Bonchev–Trinajstić information content (AvgIpc) is 1.83. The molecule has 11 heavy (non-hydrogen) atoms. The molecule has 1 rings (SSSR count). The lowest BCUT2D eigenvalue weighted by atomic mass is 10.3. The number of rotatable bonds is 1. The second kappa shape index (κ2) is 2.78. The van der Waals surface area contributed by atoms with Crippen molar-refractivity contribution in [2.24, 2.45) is 5.73 Å². The standard InChI is InChI=1S/C5H10N2O3S/c6-1-4-2-11(9,10)3-5(8)7-4/h4H,1-3,6H2,(H,7,8). The fraction of sp³-hybridized carbons (Fsp3) is 0.800. The highest BCUT2D eigenvalue weighted by molar-refractivity contribution is 7.92. The highest BCUT2D eigenvalue weighted by atomic mass is 32.2. The molecule has 6 heteroatoms. The molecule has 5 nitrogen and oxygen atoms in total. The molecule has 0 bridgehead atoms. The monoisotopic (exact) mass is 178 g/mol. The molecule has 0 aromatic heterocycles. The third kappa shape index (κ3) is 2.16. The Labute approximate surface area is 64.9 Å². The Morgan fingerprint density at radius 3 is 2.73 bits per heavy atom. The molecule has 0 aromatic carbocycles. The van der Waals surface area contributed by atoms with E-state index in [9.17, 15) is 13.2 Å². The lowest BCUT2D eigenvalue weighted by molar-refractivity contribution is -0.119. The van der Waals surface area contributed by atoms with Crippen molar-refractivity contribution in [2.75, 3.05) is 18.1 Å². The van der Waals surface area contributed by atoms with E-state index in [1.807, 2.05) is 0 Å². The number of carbonyl (C=O) groups excluding carboxylic acids is 1. The van der Waals surface area contributed by atoms with Crippen LogP contribution in [0, 0.1) is 0 Å². The summed E-state index contributed by atoms with van der Waals surface area (Å²) >= 11 is 0. The van der Waals surface area contributed by atoms with E-state index in [1.165, 1.54) is 0 Å². The number of nitrogens with two attached hydrogens (primary N) is 1. The van der Waals surface area contributed by atoms with E-state index >= 15 is 0 Å². The van der Waals surface area contributed by atoms with Crippen molar-refractivity contribution < 1.29 is 13.2 Å². The quantitative estimate of drug-likeness (QED) is 0.479. The van der Waals surface area contributed by atoms with Crippen molar-refractivity contribution in [3.05, 3.63) is 0 Å². The smallest absolute Gasteiger partial charge is 0.235 e. The minimum absolute atomic E-state index is 0.0325. The summed E-state index contributed by atoms with van der Waals surface area (Å²) in [6.45, 7) is 0.172. The Morgan fingerprint density at radius 2 is 2.27 bits per heavy atom. The number of hydrogen-bond acceptors (Lipinski definition) is 4. The van der Waals surface area contributed by atoms with Gasteiger partial charge in [-0.15, -0.1) is 0 Å². The number of nitrogens with one attached hydrogen (secondary N) is 1. The highest BCUT2D eigenvalue weighted by Gasteiger charge is 2.28. The molecule has 1 unspecified atom stereocenters. The summed E-state index contributed by atoms with van der Waals surface area (Å²) in [6.07, 6.45) is 0. The van der Waals surface area contributed by atoms with Gasteiger partial charge in [-0.2, -0.15) is 0 Å². The van der Waals surface area contributed by atoms with Gasteiger partial charge in [-0.25, -0.2) is 8.42 Å². The predicted molar refractivity (Wildman–Crippen MR) is 39.6 cm³/mol. The molecule has 0 radical (unpaired) electrons. The second-order valence-electron chi connectivity index (χ2n) is 2.55. The summed E-state index contributed by atoms with van der Waals surface area (Å²) in [4.78, 5) is 10.7. The molecule has 1 fully saturated rings. The maximum Gasteiger partial charge on any atom is 0.235 e. The Morgan fingerprint density at radius 1 is 1.64 bits per heavy atom. The van der Waals surface area contributed by atoms with Gasteiger partial charge in [0.25, 0.3) is 0 Å². The van der Waals surface area contributed by atoms with E-state index < -0.39 is 27.5 Å². The van der Waals surface area contributed by atoms with Crippen molar-refractivity contribution in [1.82, 2.24) is 5.32 Å². The third-order valence-electron chi connectivity index (χ3n) is 1.46. The molecule has 1 saturated heterocycles. The minimum Gasteiger partial charge on any atom is -0.350 e. The molecule has 0 spiro atoms. The topological polar surface area (TPSA) is 89.3 Å². The lowest BCUT2D eigenvalue weighted by Gasteiger charge is -2.21. The molecule has 0 aliphatic carbocycles. The first kappa shape index (κ1) is 8.48. The van der Waals surface area contributed by atoms with Crippen LogP contribution in [0.1, 0.15) is 0 Å². The van der Waals surface area contributed by atoms with Crippen LogP contribution in [0.2, 0.25) is 0 Å². The van der Waals surface area contributed by atoms with Gasteiger partial charge in [0.15, 0.2) is 9.84 Å². The van der Waals surface area contributed by atoms with Gasteiger partial charge in [0.05, 0.1) is 11.8 Å². The molecule has 64 valence electrons. The Hall–Kier alpha value is -0.620. The van der Waals surface area contributed by atoms with Gasteiger partial charge in [0.1, 0.15) is 5.75 Å². The molecule has 1 amide bonds. The van der Waals surface area contributed by atoms with E-state index in [0.29, 0.717) is 0 Å². The Balaban J connectivity index is 2.74. The van der Waals surface area contributed by atoms with E-state index in [0.717, 1.165) is 0 Å². The average molecular weight is 178 g/mol. The largest absolute Gasteiger partial charge is 0.350 e. The van der Waals surface area contributed by atoms with E-state index in [2.05, 4.69) is 5.32 Å². The van der Waals surface area contributed by atoms with Crippen molar-refractivity contribution in [1.29, 1.82) is 0 Å². The van der Waals surface area contributed by atoms with Crippen molar-refractivity contribution >= 4 is 15.7 Å². The van der Waals surface area contributed by atoms with E-state index in [-0.39, 0.29) is 12.3 Å². The van der Waals surface area contributed by atoms with Crippen LogP contribution in [0.5, 0.6) is 0 Å². The van der Waals surface area contributed by atoms with Crippen LogP contribution in [0.15, 0.2) is 0 Å². The van der Waals surface area contributed by atoms with Gasteiger partial charge >= 0.3 is 0 Å². The second-order valence-corrected chi connectivity index (χ2v) is 4.66. The van der Waals surface area contributed by atoms with Crippen LogP contribution < -0.4 is 11.1 Å². The first-order valence-electron chi connectivity index (χ1n) is 3.23. The van der Waals surface area contributed by atoms with Gasteiger partial charge in [0, 0.05) is 6.54 Å². The zero-order valence-corrected chi connectivity index (χ0v) is 6.73. The molecule has 1 aliphatic heterocycles. The molecular formula is C5H10N2O3S. The zero-order valence-electron chi connectivity index (χ0n) is 5.91. The van der Waals surface area contributed by atoms with Gasteiger partial charge < -0.3 is 11.1 Å². The van der Waals surface area contributed by atoms with Crippen LogP contribution in [-0.4, -0.2) is 38.4 Å². The van der Waals surface area contributed by atoms with Gasteiger partial charge in [0.2, 0.25) is 5.91 Å². The molecular weight excluding hydrogens is 168 g/mol. The van der Waals surface area contributed by atoms with Crippen molar-refractivity contribution in [2.45, 2.75) is 6.04 Å². The minimum atomic E-state index is -3.19. The maximum absolute atomic E-state index is 10.9. The van der Waals surface area contributed by atoms with Crippen LogP contribution in [0.4, 0.5) is 0 Å². The fourth-order valence-corrected chi connectivity index (χ4v) is 2.44. The summed E-state index contributed by atoms with van der Waals surface area (Å²) < 4.78 is 21.8. The van der Waals surface area contributed by atoms with Crippen molar-refractivity contribution in [3.8, 4) is 0 Å². The molecule has 1 heterocycles. The fourth-order valence-electron chi connectivity index (χ4n) is 1.00. The van der Waals surface area contributed by atoms with Crippen LogP contribution in [0.3, 0.4) is 0 Å². The summed E-state index contributed by atoms with van der Waals surface area (Å²) in [5.74, 6) is -0.884. The third-order valence-corrected chi connectivity index (χ3v) is 3.07. The SMILES string of the molecule is NCC1CS(=O)(=O)CC(=O)N1. The van der Waals surface area contributed by atoms with Gasteiger partial charge in [-0.1, -0.05) is 0 Å². The van der Waals surface area contributed by atoms with Gasteiger partial charge in [-0.3, -0.25) is 4.79 Å². The first-order valence-corrected chi connectivity index (χ1v) is 5.05. The summed E-state index contributed by atoms with van der Waals surface area (Å²) in [6, 6.07) is -0.402. The number of carbonyl (C=O) groups is 1. The Kier molecular flexibility index (Phi) is 2.15. The van der Waals surface area contributed by atoms with Crippen LogP contribution >= 0.6 is 0 Å². The number of sulfone groups is 1. The van der Waals surface area contributed by atoms with E-state index in [1.54, 1.807) is 0 Å². The summed E-state index contributed by atoms with van der Waals surface area (Å²) in [7, 11) is -3.19. The summed E-state index contributed by atoms with van der Waals surface area (Å²) in [5.41, 5.74) is 5.21. The highest BCUT2D eigenvalue weighted by Crippen LogP contribution is 2.00. The summed E-state index contributed by atoms with van der Waals surface area (Å²) in [5, 5.41) is 2.48. The predicted octanol–water partition coefficient (Wildman–Crippen LogP) is -2.14. The maximum atomic E-state index is 10.9. The van der Waals surface area contributed by atoms with Crippen LogP contribution in [0.25, 0.3) is 0 Å². The Bertz CT molecular complexity index is 259. The zero-order chi connectivity index (χ0) is 8.48. The van der Waals surface area contributed by atoms with Crippen LogP contribution in [-0.2, 0) is 14.6 Å². The molecule has 1 aliphatic rings. The van der Waals surface area contributed by atoms with Crippen molar-refractivity contribution in [3.63, 3.8) is 0 Å². The first-order chi connectivity index (χ1) is 5.03. The molecule has 0 aromatic rings. The molecule has 1 atom stereocenters. The number of hydrogen-bond donors (Lipinski definition) is 2. The molecule has 0 saturated carbocycles. The number of amides is 1. The lowest BCUT2D eigenvalue weighted by Crippen LogP contribution is -2.52. The van der Waals surface area contributed by atoms with E-state index in [4.69, 9.17) is 5.73 Å². The van der Waals surface area contributed by atoms with Gasteiger partial charge in [-0.05, 0) is 0 Å². The molecule has 3 N–H and O–H groups in total. The normalized spacial score (nSPS) is 29.5.